The summed E-state index contributed by atoms with van der Waals surface area (Å²) in [4.78, 5) is 14.1. The number of carbonyl (C=O) groups excluding carboxylic acids is 1. The minimum atomic E-state index is -0.182. The second-order valence-electron chi connectivity index (χ2n) is 5.60. The summed E-state index contributed by atoms with van der Waals surface area (Å²) in [5.41, 5.74) is 7.38. The monoisotopic (exact) mass is 262 g/mol. The van der Waals surface area contributed by atoms with E-state index in [1.807, 2.05) is 38.2 Å². The molecule has 0 aromatic heterocycles. The average molecular weight is 262 g/mol. The zero-order chi connectivity index (χ0) is 14.0. The highest BCUT2D eigenvalue weighted by atomic mass is 16.3. The van der Waals surface area contributed by atoms with Gasteiger partial charge in [-0.05, 0) is 43.4 Å². The standard InChI is InChI=1S/C15H22N2O2/c1-10(12-4-3-5-13(16)8-12)15(19)17(2)9-11-6-14(18)7-11/h3-5,8,10-11,14,18H,6-7,9,16H2,1-2H3. The van der Waals surface area contributed by atoms with E-state index in [1.54, 1.807) is 4.90 Å². The molecule has 1 saturated carbocycles. The molecule has 19 heavy (non-hydrogen) atoms. The Morgan fingerprint density at radius 3 is 2.79 bits per heavy atom. The van der Waals surface area contributed by atoms with Crippen LogP contribution in [0.1, 0.15) is 31.2 Å². The third-order valence-electron chi connectivity index (χ3n) is 3.90. The first-order valence-electron chi connectivity index (χ1n) is 6.76. The van der Waals surface area contributed by atoms with Gasteiger partial charge in [0.1, 0.15) is 0 Å². The Hall–Kier alpha value is -1.55. The summed E-state index contributed by atoms with van der Waals surface area (Å²) in [6, 6.07) is 7.47. The summed E-state index contributed by atoms with van der Waals surface area (Å²) in [7, 11) is 1.83. The van der Waals surface area contributed by atoms with Crippen molar-refractivity contribution in [3.63, 3.8) is 0 Å². The van der Waals surface area contributed by atoms with E-state index in [0.717, 1.165) is 24.9 Å². The maximum absolute atomic E-state index is 12.3. The molecule has 4 nitrogen and oxygen atoms in total. The molecule has 104 valence electrons. The number of hydrogen-bond donors (Lipinski definition) is 2. The SMILES string of the molecule is CC(C(=O)N(C)CC1CC(O)C1)c1cccc(N)c1. The van der Waals surface area contributed by atoms with Gasteiger partial charge in [0, 0.05) is 19.3 Å². The number of nitrogens with two attached hydrogens (primary N) is 1. The Kier molecular flexibility index (Phi) is 4.10. The number of amides is 1. The van der Waals surface area contributed by atoms with Crippen LogP contribution in [0, 0.1) is 5.92 Å². The van der Waals surface area contributed by atoms with Crippen molar-refractivity contribution in [2.75, 3.05) is 19.3 Å². The van der Waals surface area contributed by atoms with E-state index in [-0.39, 0.29) is 17.9 Å². The molecule has 1 fully saturated rings. The number of anilines is 1. The Balaban J connectivity index is 1.94. The van der Waals surface area contributed by atoms with Gasteiger partial charge < -0.3 is 15.7 Å². The zero-order valence-corrected chi connectivity index (χ0v) is 11.5. The van der Waals surface area contributed by atoms with Gasteiger partial charge in [0.15, 0.2) is 0 Å². The highest BCUT2D eigenvalue weighted by Crippen LogP contribution is 2.28. The van der Waals surface area contributed by atoms with Crippen LogP contribution in [0.5, 0.6) is 0 Å². The van der Waals surface area contributed by atoms with Crippen molar-refractivity contribution in [3.8, 4) is 0 Å². The van der Waals surface area contributed by atoms with Gasteiger partial charge in [-0.1, -0.05) is 12.1 Å². The molecule has 0 bridgehead atoms. The fourth-order valence-corrected chi connectivity index (χ4v) is 2.63. The lowest BCUT2D eigenvalue weighted by atomic mass is 9.82. The van der Waals surface area contributed by atoms with Crippen LogP contribution in [0.4, 0.5) is 5.69 Å². The lowest BCUT2D eigenvalue weighted by molar-refractivity contribution is -0.132. The number of rotatable bonds is 4. The molecule has 0 aliphatic heterocycles. The summed E-state index contributed by atoms with van der Waals surface area (Å²) >= 11 is 0. The van der Waals surface area contributed by atoms with E-state index in [4.69, 9.17) is 5.73 Å². The topological polar surface area (TPSA) is 66.6 Å². The number of aliphatic hydroxyl groups excluding tert-OH is 1. The molecule has 0 spiro atoms. The molecular formula is C15H22N2O2. The van der Waals surface area contributed by atoms with Crippen LogP contribution in [-0.2, 0) is 4.79 Å². The predicted molar refractivity (Wildman–Crippen MR) is 75.6 cm³/mol. The van der Waals surface area contributed by atoms with Gasteiger partial charge in [0.25, 0.3) is 0 Å². The average Bonchev–Trinajstić information content (AvgIpc) is 2.35. The molecular weight excluding hydrogens is 240 g/mol. The van der Waals surface area contributed by atoms with Gasteiger partial charge in [-0.25, -0.2) is 0 Å². The molecule has 4 heteroatoms. The van der Waals surface area contributed by atoms with Crippen molar-refractivity contribution in [3.05, 3.63) is 29.8 Å². The van der Waals surface area contributed by atoms with E-state index < -0.39 is 0 Å². The first-order chi connectivity index (χ1) is 8.97. The lowest BCUT2D eigenvalue weighted by Crippen LogP contribution is -2.40. The number of aliphatic hydroxyl groups is 1. The Labute approximate surface area is 114 Å². The molecule has 1 amide bonds. The van der Waals surface area contributed by atoms with Crippen molar-refractivity contribution in [2.45, 2.75) is 31.8 Å². The van der Waals surface area contributed by atoms with Crippen LogP contribution in [-0.4, -0.2) is 35.6 Å². The summed E-state index contributed by atoms with van der Waals surface area (Å²) in [6.45, 7) is 2.63. The number of benzene rings is 1. The first kappa shape index (κ1) is 13.9. The summed E-state index contributed by atoms with van der Waals surface area (Å²) < 4.78 is 0. The van der Waals surface area contributed by atoms with Crippen molar-refractivity contribution >= 4 is 11.6 Å². The normalized spacial score (nSPS) is 23.5. The molecule has 1 aromatic carbocycles. The summed E-state index contributed by atoms with van der Waals surface area (Å²) in [6.07, 6.45) is 1.45. The Bertz CT molecular complexity index is 455. The number of likely N-dealkylation sites (N-methyl/N-ethyl adjacent to an activating group) is 1. The Morgan fingerprint density at radius 2 is 2.21 bits per heavy atom. The van der Waals surface area contributed by atoms with Gasteiger partial charge in [-0.3, -0.25) is 4.79 Å². The molecule has 2 rings (SSSR count). The smallest absolute Gasteiger partial charge is 0.229 e. The van der Waals surface area contributed by atoms with Gasteiger partial charge in [-0.15, -0.1) is 0 Å². The maximum Gasteiger partial charge on any atom is 0.229 e. The molecule has 0 radical (unpaired) electrons. The van der Waals surface area contributed by atoms with E-state index in [0.29, 0.717) is 11.6 Å². The molecule has 1 aliphatic rings. The Morgan fingerprint density at radius 1 is 1.53 bits per heavy atom. The fraction of sp³-hybridized carbons (Fsp3) is 0.533. The molecule has 1 aromatic rings. The lowest BCUT2D eigenvalue weighted by Gasteiger charge is -2.35. The van der Waals surface area contributed by atoms with Crippen LogP contribution in [0.15, 0.2) is 24.3 Å². The van der Waals surface area contributed by atoms with Gasteiger partial charge in [0.2, 0.25) is 5.91 Å². The minimum absolute atomic E-state index is 0.104. The van der Waals surface area contributed by atoms with E-state index in [1.165, 1.54) is 0 Å². The van der Waals surface area contributed by atoms with Crippen molar-refractivity contribution < 1.29 is 9.90 Å². The van der Waals surface area contributed by atoms with Crippen molar-refractivity contribution in [1.29, 1.82) is 0 Å². The van der Waals surface area contributed by atoms with E-state index >= 15 is 0 Å². The number of nitrogen functional groups attached to an aromatic ring is 1. The first-order valence-corrected chi connectivity index (χ1v) is 6.76. The second kappa shape index (κ2) is 5.61. The van der Waals surface area contributed by atoms with Crippen LogP contribution in [0.3, 0.4) is 0 Å². The number of carbonyl (C=O) groups is 1. The van der Waals surface area contributed by atoms with Gasteiger partial charge in [0.05, 0.1) is 12.0 Å². The third kappa shape index (κ3) is 3.26. The summed E-state index contributed by atoms with van der Waals surface area (Å²) in [5.74, 6) is 0.363. The fourth-order valence-electron chi connectivity index (χ4n) is 2.63. The van der Waals surface area contributed by atoms with Crippen LogP contribution < -0.4 is 5.73 Å². The summed E-state index contributed by atoms with van der Waals surface area (Å²) in [5, 5.41) is 9.27. The highest BCUT2D eigenvalue weighted by Gasteiger charge is 2.30. The van der Waals surface area contributed by atoms with E-state index in [9.17, 15) is 9.90 Å². The molecule has 0 heterocycles. The van der Waals surface area contributed by atoms with Crippen molar-refractivity contribution in [1.82, 2.24) is 4.90 Å². The van der Waals surface area contributed by atoms with Crippen LogP contribution in [0.2, 0.25) is 0 Å². The molecule has 1 unspecified atom stereocenters. The quantitative estimate of drug-likeness (QED) is 0.810. The third-order valence-corrected chi connectivity index (χ3v) is 3.90. The molecule has 3 N–H and O–H groups in total. The maximum atomic E-state index is 12.3. The minimum Gasteiger partial charge on any atom is -0.399 e. The van der Waals surface area contributed by atoms with Crippen molar-refractivity contribution in [2.24, 2.45) is 5.92 Å². The molecule has 1 aliphatic carbocycles. The number of hydrogen-bond acceptors (Lipinski definition) is 3. The molecule has 0 saturated heterocycles. The molecule has 1 atom stereocenters. The van der Waals surface area contributed by atoms with Crippen LogP contribution >= 0.6 is 0 Å². The zero-order valence-electron chi connectivity index (χ0n) is 11.5. The largest absolute Gasteiger partial charge is 0.399 e. The van der Waals surface area contributed by atoms with Gasteiger partial charge in [-0.2, -0.15) is 0 Å². The van der Waals surface area contributed by atoms with E-state index in [2.05, 4.69) is 0 Å². The number of nitrogens with zero attached hydrogens (tertiary/aromatic N) is 1. The second-order valence-corrected chi connectivity index (χ2v) is 5.60. The predicted octanol–water partition coefficient (Wildman–Crippen LogP) is 1.60. The highest BCUT2D eigenvalue weighted by molar-refractivity contribution is 5.83. The van der Waals surface area contributed by atoms with Crippen LogP contribution in [0.25, 0.3) is 0 Å². The van der Waals surface area contributed by atoms with Gasteiger partial charge >= 0.3 is 0 Å².